The molecule has 19 heavy (non-hydrogen) atoms. The molecular weight excluding hydrogens is 264 g/mol. The lowest BCUT2D eigenvalue weighted by atomic mass is 9.95. The van der Waals surface area contributed by atoms with Gasteiger partial charge in [-0.1, -0.05) is 25.4 Å². The standard InChI is InChI=1S/C13H19ClN4O/c1-8(2)9-5-6-18(7-9)13(19)12-10(14)3-4-11(16-12)17-15/h3-4,8-9H,5-7,15H2,1-2H3,(H,16,17). The van der Waals surface area contributed by atoms with Gasteiger partial charge in [-0.2, -0.15) is 0 Å². The third-order valence-electron chi connectivity index (χ3n) is 3.65. The average Bonchev–Trinajstić information content (AvgIpc) is 2.88. The number of likely N-dealkylation sites (tertiary alicyclic amines) is 1. The van der Waals surface area contributed by atoms with Gasteiger partial charge in [0.1, 0.15) is 11.5 Å². The highest BCUT2D eigenvalue weighted by atomic mass is 35.5. The van der Waals surface area contributed by atoms with Gasteiger partial charge in [0.25, 0.3) is 5.91 Å². The number of pyridine rings is 1. The number of carbonyl (C=O) groups is 1. The first-order chi connectivity index (χ1) is 9.02. The minimum Gasteiger partial charge on any atom is -0.337 e. The maximum absolute atomic E-state index is 12.4. The van der Waals surface area contributed by atoms with Gasteiger partial charge in [0.2, 0.25) is 0 Å². The summed E-state index contributed by atoms with van der Waals surface area (Å²) in [4.78, 5) is 18.4. The predicted octanol–water partition coefficient (Wildman–Crippen LogP) is 2.14. The van der Waals surface area contributed by atoms with E-state index in [-0.39, 0.29) is 11.6 Å². The number of anilines is 1. The second-order valence-electron chi connectivity index (χ2n) is 5.22. The number of carbonyl (C=O) groups excluding carboxylic acids is 1. The maximum atomic E-state index is 12.4. The molecule has 1 unspecified atom stereocenters. The summed E-state index contributed by atoms with van der Waals surface area (Å²) in [6.45, 7) is 5.90. The summed E-state index contributed by atoms with van der Waals surface area (Å²) in [7, 11) is 0. The molecule has 1 atom stereocenters. The van der Waals surface area contributed by atoms with Crippen LogP contribution in [0.15, 0.2) is 12.1 Å². The predicted molar refractivity (Wildman–Crippen MR) is 75.9 cm³/mol. The molecule has 0 saturated carbocycles. The molecule has 1 saturated heterocycles. The number of halogens is 1. The first kappa shape index (κ1) is 14.1. The van der Waals surface area contributed by atoms with Crippen molar-refractivity contribution in [1.82, 2.24) is 9.88 Å². The third-order valence-corrected chi connectivity index (χ3v) is 3.96. The SMILES string of the molecule is CC(C)C1CCN(C(=O)c2nc(NN)ccc2Cl)C1. The average molecular weight is 283 g/mol. The van der Waals surface area contributed by atoms with Gasteiger partial charge in [-0.05, 0) is 30.4 Å². The summed E-state index contributed by atoms with van der Waals surface area (Å²) in [6.07, 6.45) is 1.04. The van der Waals surface area contributed by atoms with Gasteiger partial charge in [0, 0.05) is 13.1 Å². The van der Waals surface area contributed by atoms with E-state index in [0.29, 0.717) is 22.7 Å². The molecule has 2 rings (SSSR count). The molecule has 1 fully saturated rings. The molecule has 5 nitrogen and oxygen atoms in total. The van der Waals surface area contributed by atoms with Crippen molar-refractivity contribution in [1.29, 1.82) is 0 Å². The monoisotopic (exact) mass is 282 g/mol. The van der Waals surface area contributed by atoms with Crippen LogP contribution in [0.3, 0.4) is 0 Å². The van der Waals surface area contributed by atoms with E-state index >= 15 is 0 Å². The number of nitrogen functional groups attached to an aromatic ring is 1. The molecule has 3 N–H and O–H groups in total. The molecule has 1 aliphatic rings. The Labute approximate surface area is 118 Å². The van der Waals surface area contributed by atoms with Crippen LogP contribution >= 0.6 is 11.6 Å². The van der Waals surface area contributed by atoms with Crippen molar-refractivity contribution in [3.63, 3.8) is 0 Å². The smallest absolute Gasteiger partial charge is 0.274 e. The molecule has 1 amide bonds. The van der Waals surface area contributed by atoms with Gasteiger partial charge >= 0.3 is 0 Å². The van der Waals surface area contributed by atoms with Gasteiger partial charge < -0.3 is 10.3 Å². The lowest BCUT2D eigenvalue weighted by Crippen LogP contribution is -2.30. The second kappa shape index (κ2) is 5.75. The lowest BCUT2D eigenvalue weighted by molar-refractivity contribution is 0.0778. The quantitative estimate of drug-likeness (QED) is 0.658. The summed E-state index contributed by atoms with van der Waals surface area (Å²) in [6, 6.07) is 3.27. The minimum atomic E-state index is -0.120. The van der Waals surface area contributed by atoms with E-state index in [0.717, 1.165) is 19.5 Å². The molecule has 1 aromatic rings. The Morgan fingerprint density at radius 1 is 1.58 bits per heavy atom. The Hall–Kier alpha value is -1.33. The lowest BCUT2D eigenvalue weighted by Gasteiger charge is -2.18. The fourth-order valence-electron chi connectivity index (χ4n) is 2.34. The molecule has 104 valence electrons. The zero-order valence-corrected chi connectivity index (χ0v) is 11.9. The molecule has 1 aromatic heterocycles. The van der Waals surface area contributed by atoms with E-state index in [1.54, 1.807) is 12.1 Å². The first-order valence-corrected chi connectivity index (χ1v) is 6.83. The molecule has 1 aliphatic heterocycles. The number of aromatic nitrogens is 1. The zero-order valence-electron chi connectivity index (χ0n) is 11.2. The van der Waals surface area contributed by atoms with E-state index in [2.05, 4.69) is 24.3 Å². The van der Waals surface area contributed by atoms with Crippen molar-refractivity contribution in [2.75, 3.05) is 18.5 Å². The van der Waals surface area contributed by atoms with Crippen LogP contribution in [-0.2, 0) is 0 Å². The van der Waals surface area contributed by atoms with Crippen molar-refractivity contribution in [2.24, 2.45) is 17.7 Å². The highest BCUT2D eigenvalue weighted by Gasteiger charge is 2.30. The number of hydrogen-bond donors (Lipinski definition) is 2. The van der Waals surface area contributed by atoms with Gasteiger partial charge in [0.05, 0.1) is 5.02 Å². The molecule has 6 heteroatoms. The van der Waals surface area contributed by atoms with E-state index in [1.807, 2.05) is 4.90 Å². The van der Waals surface area contributed by atoms with Crippen LogP contribution in [-0.4, -0.2) is 28.9 Å². The fourth-order valence-corrected chi connectivity index (χ4v) is 2.52. The van der Waals surface area contributed by atoms with Crippen LogP contribution in [0.1, 0.15) is 30.8 Å². The van der Waals surface area contributed by atoms with E-state index in [9.17, 15) is 4.79 Å². The molecule has 0 radical (unpaired) electrons. The largest absolute Gasteiger partial charge is 0.337 e. The van der Waals surface area contributed by atoms with Crippen molar-refractivity contribution in [3.8, 4) is 0 Å². The van der Waals surface area contributed by atoms with Gasteiger partial charge in [-0.3, -0.25) is 4.79 Å². The van der Waals surface area contributed by atoms with Crippen LogP contribution < -0.4 is 11.3 Å². The summed E-state index contributed by atoms with van der Waals surface area (Å²) < 4.78 is 0. The van der Waals surface area contributed by atoms with Crippen molar-refractivity contribution < 1.29 is 4.79 Å². The normalized spacial score (nSPS) is 19.0. The Balaban J connectivity index is 2.16. The molecule has 0 spiro atoms. The van der Waals surface area contributed by atoms with Crippen LogP contribution in [0.2, 0.25) is 5.02 Å². The van der Waals surface area contributed by atoms with Crippen molar-refractivity contribution in [2.45, 2.75) is 20.3 Å². The highest BCUT2D eigenvalue weighted by molar-refractivity contribution is 6.33. The maximum Gasteiger partial charge on any atom is 0.274 e. The summed E-state index contributed by atoms with van der Waals surface area (Å²) in [5.41, 5.74) is 2.69. The molecule has 2 heterocycles. The summed E-state index contributed by atoms with van der Waals surface area (Å²) >= 11 is 6.05. The van der Waals surface area contributed by atoms with Gasteiger partial charge in [-0.15, -0.1) is 0 Å². The van der Waals surface area contributed by atoms with Crippen molar-refractivity contribution >= 4 is 23.3 Å². The number of nitrogens with two attached hydrogens (primary N) is 1. The second-order valence-corrected chi connectivity index (χ2v) is 5.62. The fraction of sp³-hybridized carbons (Fsp3) is 0.538. The highest BCUT2D eigenvalue weighted by Crippen LogP contribution is 2.26. The topological polar surface area (TPSA) is 71.2 Å². The van der Waals surface area contributed by atoms with E-state index in [4.69, 9.17) is 17.4 Å². The molecular formula is C13H19ClN4O. The number of amides is 1. The Morgan fingerprint density at radius 3 is 2.89 bits per heavy atom. The van der Waals surface area contributed by atoms with Gasteiger partial charge in [-0.25, -0.2) is 10.8 Å². The van der Waals surface area contributed by atoms with Gasteiger partial charge in [0.15, 0.2) is 0 Å². The van der Waals surface area contributed by atoms with E-state index < -0.39 is 0 Å². The number of rotatable bonds is 3. The molecule has 0 aliphatic carbocycles. The molecule has 0 aromatic carbocycles. The zero-order chi connectivity index (χ0) is 14.0. The van der Waals surface area contributed by atoms with Crippen LogP contribution in [0, 0.1) is 11.8 Å². The Bertz CT molecular complexity index is 478. The number of hydrogen-bond acceptors (Lipinski definition) is 4. The summed E-state index contributed by atoms with van der Waals surface area (Å²) in [5.74, 6) is 6.76. The van der Waals surface area contributed by atoms with Crippen LogP contribution in [0.4, 0.5) is 5.82 Å². The first-order valence-electron chi connectivity index (χ1n) is 6.45. The van der Waals surface area contributed by atoms with Crippen LogP contribution in [0.5, 0.6) is 0 Å². The molecule has 0 bridgehead atoms. The Kier molecular flexibility index (Phi) is 4.27. The number of nitrogens with zero attached hydrogens (tertiary/aromatic N) is 2. The van der Waals surface area contributed by atoms with Crippen molar-refractivity contribution in [3.05, 3.63) is 22.8 Å². The Morgan fingerprint density at radius 2 is 2.32 bits per heavy atom. The number of hydrazine groups is 1. The third kappa shape index (κ3) is 2.98. The van der Waals surface area contributed by atoms with Crippen LogP contribution in [0.25, 0.3) is 0 Å². The number of nitrogens with one attached hydrogen (secondary N) is 1. The van der Waals surface area contributed by atoms with E-state index in [1.165, 1.54) is 0 Å². The minimum absolute atomic E-state index is 0.120. The summed E-state index contributed by atoms with van der Waals surface area (Å²) in [5, 5.41) is 0.358.